The minimum atomic E-state index is 0.428. The first-order valence-corrected chi connectivity index (χ1v) is 5.72. The maximum atomic E-state index is 8.81. The number of nitriles is 1. The standard InChI is InChI=1S/C14H11ClN2O/c1-18-14-5-3-2-4-13(14)17-11-7-6-10(9-16)12(15)8-11/h2-8,17H,1H3. The number of hydrogen-bond acceptors (Lipinski definition) is 3. The zero-order valence-electron chi connectivity index (χ0n) is 9.77. The Morgan fingerprint density at radius 3 is 2.67 bits per heavy atom. The second-order valence-electron chi connectivity index (χ2n) is 3.63. The third-order valence-corrected chi connectivity index (χ3v) is 2.79. The third-order valence-electron chi connectivity index (χ3n) is 2.48. The van der Waals surface area contributed by atoms with Gasteiger partial charge in [-0.1, -0.05) is 23.7 Å². The molecule has 90 valence electrons. The van der Waals surface area contributed by atoms with Crippen LogP contribution in [0.1, 0.15) is 5.56 Å². The van der Waals surface area contributed by atoms with Crippen molar-refractivity contribution in [1.82, 2.24) is 0 Å². The van der Waals surface area contributed by atoms with E-state index in [2.05, 4.69) is 5.32 Å². The molecule has 0 fully saturated rings. The molecule has 0 saturated carbocycles. The third kappa shape index (κ3) is 2.55. The molecular weight excluding hydrogens is 248 g/mol. The van der Waals surface area contributed by atoms with Crippen molar-refractivity contribution in [3.8, 4) is 11.8 Å². The average molecular weight is 259 g/mol. The lowest BCUT2D eigenvalue weighted by molar-refractivity contribution is 0.417. The molecule has 0 amide bonds. The minimum Gasteiger partial charge on any atom is -0.495 e. The summed E-state index contributed by atoms with van der Waals surface area (Å²) in [5, 5.41) is 12.4. The number of ether oxygens (including phenoxy) is 1. The van der Waals surface area contributed by atoms with Crippen LogP contribution < -0.4 is 10.1 Å². The molecule has 0 aliphatic carbocycles. The van der Waals surface area contributed by atoms with Crippen LogP contribution in [0.15, 0.2) is 42.5 Å². The van der Waals surface area contributed by atoms with Crippen molar-refractivity contribution < 1.29 is 4.74 Å². The van der Waals surface area contributed by atoms with Gasteiger partial charge in [-0.05, 0) is 30.3 Å². The van der Waals surface area contributed by atoms with Crippen LogP contribution in [-0.2, 0) is 0 Å². The Kier molecular flexibility index (Phi) is 3.71. The van der Waals surface area contributed by atoms with Gasteiger partial charge >= 0.3 is 0 Å². The topological polar surface area (TPSA) is 45.0 Å². The predicted molar refractivity (Wildman–Crippen MR) is 72.4 cm³/mol. The number of nitrogens with one attached hydrogen (secondary N) is 1. The fraction of sp³-hybridized carbons (Fsp3) is 0.0714. The first kappa shape index (κ1) is 12.3. The highest BCUT2D eigenvalue weighted by Crippen LogP contribution is 2.28. The number of methoxy groups -OCH3 is 1. The molecule has 18 heavy (non-hydrogen) atoms. The Bertz CT molecular complexity index is 605. The highest BCUT2D eigenvalue weighted by molar-refractivity contribution is 6.32. The molecular formula is C14H11ClN2O. The molecule has 2 aromatic carbocycles. The number of nitrogens with zero attached hydrogens (tertiary/aromatic N) is 1. The molecule has 0 aromatic heterocycles. The first-order valence-electron chi connectivity index (χ1n) is 5.34. The second-order valence-corrected chi connectivity index (χ2v) is 4.04. The SMILES string of the molecule is COc1ccccc1Nc1ccc(C#N)c(Cl)c1. The van der Waals surface area contributed by atoms with Crippen molar-refractivity contribution in [2.45, 2.75) is 0 Å². The van der Waals surface area contributed by atoms with E-state index in [9.17, 15) is 0 Å². The number of benzene rings is 2. The van der Waals surface area contributed by atoms with Gasteiger partial charge < -0.3 is 10.1 Å². The summed E-state index contributed by atoms with van der Waals surface area (Å²) in [7, 11) is 1.62. The van der Waals surface area contributed by atoms with E-state index in [-0.39, 0.29) is 0 Å². The summed E-state index contributed by atoms with van der Waals surface area (Å²) in [6.07, 6.45) is 0. The summed E-state index contributed by atoms with van der Waals surface area (Å²) in [4.78, 5) is 0. The van der Waals surface area contributed by atoms with Crippen molar-refractivity contribution in [2.24, 2.45) is 0 Å². The van der Waals surface area contributed by atoms with Crippen LogP contribution in [0.25, 0.3) is 0 Å². The maximum Gasteiger partial charge on any atom is 0.142 e. The van der Waals surface area contributed by atoms with Crippen LogP contribution in [0.4, 0.5) is 11.4 Å². The summed E-state index contributed by atoms with van der Waals surface area (Å²) in [5.74, 6) is 0.748. The van der Waals surface area contributed by atoms with Gasteiger partial charge in [-0.15, -0.1) is 0 Å². The van der Waals surface area contributed by atoms with Gasteiger partial charge in [0.05, 0.1) is 23.4 Å². The van der Waals surface area contributed by atoms with Crippen LogP contribution in [0.3, 0.4) is 0 Å². The number of hydrogen-bond donors (Lipinski definition) is 1. The van der Waals surface area contributed by atoms with E-state index in [1.54, 1.807) is 25.3 Å². The molecule has 0 unspecified atom stereocenters. The van der Waals surface area contributed by atoms with E-state index in [0.29, 0.717) is 10.6 Å². The Balaban J connectivity index is 2.29. The lowest BCUT2D eigenvalue weighted by Crippen LogP contribution is -1.94. The summed E-state index contributed by atoms with van der Waals surface area (Å²) in [6.45, 7) is 0. The van der Waals surface area contributed by atoms with Gasteiger partial charge in [0.2, 0.25) is 0 Å². The summed E-state index contributed by atoms with van der Waals surface area (Å²) in [6, 6.07) is 14.8. The minimum absolute atomic E-state index is 0.428. The zero-order valence-corrected chi connectivity index (χ0v) is 10.5. The smallest absolute Gasteiger partial charge is 0.142 e. The van der Waals surface area contributed by atoms with Crippen LogP contribution in [0.5, 0.6) is 5.75 Å². The van der Waals surface area contributed by atoms with Crippen molar-refractivity contribution in [3.63, 3.8) is 0 Å². The normalized spacial score (nSPS) is 9.61. The predicted octanol–water partition coefficient (Wildman–Crippen LogP) is 3.96. The maximum absolute atomic E-state index is 8.81. The molecule has 0 saturated heterocycles. The highest BCUT2D eigenvalue weighted by atomic mass is 35.5. The number of para-hydroxylation sites is 2. The Hall–Kier alpha value is -2.18. The van der Waals surface area contributed by atoms with E-state index in [1.807, 2.05) is 30.3 Å². The van der Waals surface area contributed by atoms with Crippen molar-refractivity contribution >= 4 is 23.0 Å². The summed E-state index contributed by atoms with van der Waals surface area (Å²) in [5.41, 5.74) is 2.12. The fourth-order valence-electron chi connectivity index (χ4n) is 1.59. The van der Waals surface area contributed by atoms with Gasteiger partial charge in [0, 0.05) is 5.69 Å². The molecule has 2 aromatic rings. The van der Waals surface area contributed by atoms with Crippen molar-refractivity contribution in [1.29, 1.82) is 5.26 Å². The Labute approximate surface area is 111 Å². The largest absolute Gasteiger partial charge is 0.495 e. The average Bonchev–Trinajstić information content (AvgIpc) is 2.39. The van der Waals surface area contributed by atoms with E-state index in [4.69, 9.17) is 21.6 Å². The Morgan fingerprint density at radius 2 is 2.00 bits per heavy atom. The number of rotatable bonds is 3. The molecule has 0 aliphatic heterocycles. The van der Waals surface area contributed by atoms with Gasteiger partial charge in [-0.25, -0.2) is 0 Å². The second kappa shape index (κ2) is 5.44. The quantitative estimate of drug-likeness (QED) is 0.906. The van der Waals surface area contributed by atoms with Crippen LogP contribution >= 0.6 is 11.6 Å². The van der Waals surface area contributed by atoms with Crippen LogP contribution in [0.2, 0.25) is 5.02 Å². The fourth-order valence-corrected chi connectivity index (χ4v) is 1.81. The van der Waals surface area contributed by atoms with E-state index in [1.165, 1.54) is 0 Å². The van der Waals surface area contributed by atoms with E-state index >= 15 is 0 Å². The molecule has 0 bridgehead atoms. The molecule has 1 N–H and O–H groups in total. The van der Waals surface area contributed by atoms with Gasteiger partial charge in [0.25, 0.3) is 0 Å². The van der Waals surface area contributed by atoms with Crippen molar-refractivity contribution in [2.75, 3.05) is 12.4 Å². The molecule has 2 rings (SSSR count). The van der Waals surface area contributed by atoms with E-state index in [0.717, 1.165) is 17.1 Å². The highest BCUT2D eigenvalue weighted by Gasteiger charge is 2.04. The zero-order chi connectivity index (χ0) is 13.0. The molecule has 3 nitrogen and oxygen atoms in total. The van der Waals surface area contributed by atoms with Crippen LogP contribution in [-0.4, -0.2) is 7.11 Å². The molecule has 4 heteroatoms. The summed E-state index contributed by atoms with van der Waals surface area (Å²) >= 11 is 5.98. The van der Waals surface area contributed by atoms with E-state index < -0.39 is 0 Å². The number of halogens is 1. The van der Waals surface area contributed by atoms with Crippen molar-refractivity contribution in [3.05, 3.63) is 53.1 Å². The lowest BCUT2D eigenvalue weighted by Gasteiger charge is -2.11. The van der Waals surface area contributed by atoms with Gasteiger partial charge in [-0.3, -0.25) is 0 Å². The number of anilines is 2. The molecule has 0 heterocycles. The monoisotopic (exact) mass is 258 g/mol. The first-order chi connectivity index (χ1) is 8.74. The van der Waals surface area contributed by atoms with Gasteiger partial charge in [0.1, 0.15) is 11.8 Å². The lowest BCUT2D eigenvalue weighted by atomic mass is 10.2. The van der Waals surface area contributed by atoms with Gasteiger partial charge in [-0.2, -0.15) is 5.26 Å². The molecule has 0 spiro atoms. The summed E-state index contributed by atoms with van der Waals surface area (Å²) < 4.78 is 5.24. The Morgan fingerprint density at radius 1 is 1.22 bits per heavy atom. The van der Waals surface area contributed by atoms with Crippen LogP contribution in [0, 0.1) is 11.3 Å². The van der Waals surface area contributed by atoms with Gasteiger partial charge in [0.15, 0.2) is 0 Å². The molecule has 0 radical (unpaired) electrons. The molecule has 0 aliphatic rings. The molecule has 0 atom stereocenters.